The zero-order valence-corrected chi connectivity index (χ0v) is 14.5. The van der Waals surface area contributed by atoms with Gasteiger partial charge in [-0.3, -0.25) is 4.79 Å². The third kappa shape index (κ3) is 4.26. The molecule has 1 aliphatic rings. The molecule has 0 N–H and O–H groups in total. The van der Waals surface area contributed by atoms with Crippen molar-refractivity contribution in [2.45, 2.75) is 19.3 Å². The summed E-state index contributed by atoms with van der Waals surface area (Å²) in [6.45, 7) is 4.87. The van der Waals surface area contributed by atoms with E-state index in [0.717, 1.165) is 51.3 Å². The Hall–Kier alpha value is -2.07. The number of benzene rings is 1. The Bertz CT molecular complexity index is 650. The summed E-state index contributed by atoms with van der Waals surface area (Å²) in [5.74, 6) is 0.161. The Balaban J connectivity index is 1.46. The van der Waals surface area contributed by atoms with Gasteiger partial charge in [-0.1, -0.05) is 30.3 Å². The van der Waals surface area contributed by atoms with Crippen LogP contribution in [0.15, 0.2) is 48.7 Å². The van der Waals surface area contributed by atoms with Crippen molar-refractivity contribution in [1.29, 1.82) is 0 Å². The molecule has 0 radical (unpaired) electrons. The maximum atomic E-state index is 12.6. The molecule has 2 heterocycles. The highest BCUT2D eigenvalue weighted by Crippen LogP contribution is 2.11. The van der Waals surface area contributed by atoms with Gasteiger partial charge in [-0.05, 0) is 50.0 Å². The predicted octanol–water partition coefficient (Wildman–Crippen LogP) is 2.81. The van der Waals surface area contributed by atoms with Crippen LogP contribution >= 0.6 is 0 Å². The van der Waals surface area contributed by atoms with Gasteiger partial charge >= 0.3 is 0 Å². The summed E-state index contributed by atoms with van der Waals surface area (Å²) in [5, 5.41) is 0. The number of amides is 1. The molecule has 1 saturated heterocycles. The maximum absolute atomic E-state index is 12.6. The highest BCUT2D eigenvalue weighted by molar-refractivity contribution is 5.92. The molecule has 0 aliphatic carbocycles. The molecular weight excluding hydrogens is 298 g/mol. The van der Waals surface area contributed by atoms with Crippen LogP contribution in [0.3, 0.4) is 0 Å². The average molecular weight is 325 g/mol. The van der Waals surface area contributed by atoms with Gasteiger partial charge < -0.3 is 14.4 Å². The zero-order chi connectivity index (χ0) is 16.8. The molecule has 1 amide bonds. The van der Waals surface area contributed by atoms with Gasteiger partial charge in [0.15, 0.2) is 0 Å². The SMILES string of the molecule is Cn1cccc1C(=O)N1CCCN(CCCc2ccccc2)CC1. The fourth-order valence-electron chi connectivity index (χ4n) is 3.39. The first-order chi connectivity index (χ1) is 11.7. The molecule has 0 atom stereocenters. The van der Waals surface area contributed by atoms with E-state index >= 15 is 0 Å². The number of carbonyl (C=O) groups is 1. The van der Waals surface area contributed by atoms with Crippen LogP contribution in [0.1, 0.15) is 28.9 Å². The summed E-state index contributed by atoms with van der Waals surface area (Å²) in [7, 11) is 1.93. The molecule has 0 unspecified atom stereocenters. The second kappa shape index (κ2) is 8.15. The maximum Gasteiger partial charge on any atom is 0.270 e. The minimum atomic E-state index is 0.161. The average Bonchev–Trinajstić information content (AvgIpc) is 2.89. The molecule has 1 aromatic carbocycles. The summed E-state index contributed by atoms with van der Waals surface area (Å²) < 4.78 is 1.91. The number of aryl methyl sites for hydroxylation is 2. The number of nitrogens with zero attached hydrogens (tertiary/aromatic N) is 3. The Morgan fingerprint density at radius 3 is 2.58 bits per heavy atom. The van der Waals surface area contributed by atoms with Gasteiger partial charge in [0.25, 0.3) is 5.91 Å². The van der Waals surface area contributed by atoms with E-state index < -0.39 is 0 Å². The van der Waals surface area contributed by atoms with E-state index in [9.17, 15) is 4.79 Å². The van der Waals surface area contributed by atoms with Crippen LogP contribution in [0.5, 0.6) is 0 Å². The number of hydrogen-bond donors (Lipinski definition) is 0. The van der Waals surface area contributed by atoms with E-state index in [2.05, 4.69) is 35.2 Å². The first-order valence-electron chi connectivity index (χ1n) is 8.91. The highest BCUT2D eigenvalue weighted by Gasteiger charge is 2.21. The lowest BCUT2D eigenvalue weighted by Gasteiger charge is -2.22. The molecule has 3 rings (SSSR count). The third-order valence-electron chi connectivity index (χ3n) is 4.82. The largest absolute Gasteiger partial charge is 0.347 e. The molecular formula is C20H27N3O. The van der Waals surface area contributed by atoms with Gasteiger partial charge in [0.2, 0.25) is 0 Å². The smallest absolute Gasteiger partial charge is 0.270 e. The van der Waals surface area contributed by atoms with Crippen molar-refractivity contribution in [1.82, 2.24) is 14.4 Å². The van der Waals surface area contributed by atoms with Crippen molar-refractivity contribution in [3.8, 4) is 0 Å². The molecule has 0 spiro atoms. The molecule has 1 fully saturated rings. The monoisotopic (exact) mass is 325 g/mol. The van der Waals surface area contributed by atoms with Crippen LogP contribution in [0.25, 0.3) is 0 Å². The van der Waals surface area contributed by atoms with Crippen LogP contribution in [-0.2, 0) is 13.5 Å². The van der Waals surface area contributed by atoms with Crippen molar-refractivity contribution in [2.24, 2.45) is 7.05 Å². The van der Waals surface area contributed by atoms with Crippen LogP contribution in [0, 0.1) is 0 Å². The highest BCUT2D eigenvalue weighted by atomic mass is 16.2. The minimum Gasteiger partial charge on any atom is -0.347 e. The molecule has 0 saturated carbocycles. The molecule has 4 heteroatoms. The van der Waals surface area contributed by atoms with Gasteiger partial charge in [-0.15, -0.1) is 0 Å². The van der Waals surface area contributed by atoms with E-state index in [1.807, 2.05) is 34.8 Å². The second-order valence-electron chi connectivity index (χ2n) is 6.58. The van der Waals surface area contributed by atoms with Gasteiger partial charge in [0, 0.05) is 32.9 Å². The number of carbonyl (C=O) groups excluding carboxylic acids is 1. The van der Waals surface area contributed by atoms with Gasteiger partial charge in [-0.2, -0.15) is 0 Å². The normalized spacial score (nSPS) is 16.1. The van der Waals surface area contributed by atoms with Crippen molar-refractivity contribution >= 4 is 5.91 Å². The molecule has 1 aliphatic heterocycles. The van der Waals surface area contributed by atoms with Gasteiger partial charge in [-0.25, -0.2) is 0 Å². The predicted molar refractivity (Wildman–Crippen MR) is 97.1 cm³/mol. The fraction of sp³-hybridized carbons (Fsp3) is 0.450. The Labute approximate surface area is 144 Å². The minimum absolute atomic E-state index is 0.161. The van der Waals surface area contributed by atoms with Crippen molar-refractivity contribution < 1.29 is 4.79 Å². The van der Waals surface area contributed by atoms with E-state index in [1.54, 1.807) is 0 Å². The van der Waals surface area contributed by atoms with Gasteiger partial charge in [0.05, 0.1) is 0 Å². The third-order valence-corrected chi connectivity index (χ3v) is 4.82. The molecule has 1 aromatic heterocycles. The zero-order valence-electron chi connectivity index (χ0n) is 14.5. The molecule has 0 bridgehead atoms. The Morgan fingerprint density at radius 2 is 1.83 bits per heavy atom. The molecule has 4 nitrogen and oxygen atoms in total. The van der Waals surface area contributed by atoms with Crippen molar-refractivity contribution in [3.63, 3.8) is 0 Å². The van der Waals surface area contributed by atoms with Crippen LogP contribution < -0.4 is 0 Å². The topological polar surface area (TPSA) is 28.5 Å². The Kier molecular flexibility index (Phi) is 5.70. The first kappa shape index (κ1) is 16.8. The number of rotatable bonds is 5. The standard InChI is InChI=1S/C20H27N3O/c1-21-12-6-11-19(21)20(24)23-15-7-14-22(16-17-23)13-5-10-18-8-3-2-4-9-18/h2-4,6,8-9,11-12H,5,7,10,13-17H2,1H3. The van der Waals surface area contributed by atoms with Crippen molar-refractivity contribution in [3.05, 3.63) is 59.9 Å². The molecule has 24 heavy (non-hydrogen) atoms. The quantitative estimate of drug-likeness (QED) is 0.846. The van der Waals surface area contributed by atoms with E-state index in [0.29, 0.717) is 0 Å². The van der Waals surface area contributed by atoms with E-state index in [1.165, 1.54) is 12.0 Å². The van der Waals surface area contributed by atoms with E-state index in [4.69, 9.17) is 0 Å². The van der Waals surface area contributed by atoms with Crippen LogP contribution in [0.4, 0.5) is 0 Å². The summed E-state index contributed by atoms with van der Waals surface area (Å²) in [5.41, 5.74) is 2.19. The van der Waals surface area contributed by atoms with E-state index in [-0.39, 0.29) is 5.91 Å². The Morgan fingerprint density at radius 1 is 1.00 bits per heavy atom. The second-order valence-corrected chi connectivity index (χ2v) is 6.58. The van der Waals surface area contributed by atoms with Crippen LogP contribution in [-0.4, -0.2) is 53.0 Å². The van der Waals surface area contributed by atoms with Crippen LogP contribution in [0.2, 0.25) is 0 Å². The summed E-state index contributed by atoms with van der Waals surface area (Å²) in [6, 6.07) is 14.5. The summed E-state index contributed by atoms with van der Waals surface area (Å²) in [4.78, 5) is 17.1. The first-order valence-corrected chi connectivity index (χ1v) is 8.91. The molecule has 128 valence electrons. The molecule has 2 aromatic rings. The lowest BCUT2D eigenvalue weighted by Crippen LogP contribution is -2.36. The van der Waals surface area contributed by atoms with Crippen molar-refractivity contribution in [2.75, 3.05) is 32.7 Å². The van der Waals surface area contributed by atoms with Gasteiger partial charge in [0.1, 0.15) is 5.69 Å². The summed E-state index contributed by atoms with van der Waals surface area (Å²) in [6.07, 6.45) is 5.29. The number of aromatic nitrogens is 1. The fourth-order valence-corrected chi connectivity index (χ4v) is 3.39. The number of hydrogen-bond acceptors (Lipinski definition) is 2. The lowest BCUT2D eigenvalue weighted by atomic mass is 10.1. The summed E-state index contributed by atoms with van der Waals surface area (Å²) >= 11 is 0. The lowest BCUT2D eigenvalue weighted by molar-refractivity contribution is 0.0752.